The second-order valence-corrected chi connectivity index (χ2v) is 8.23. The van der Waals surface area contributed by atoms with Crippen LogP contribution < -0.4 is 10.6 Å². The number of nitrogens with zero attached hydrogens (tertiary/aromatic N) is 3. The van der Waals surface area contributed by atoms with Gasteiger partial charge in [0.2, 0.25) is 5.89 Å². The Hall–Kier alpha value is -3.19. The number of benzene rings is 2. The molecule has 3 aromatic rings. The highest BCUT2D eigenvalue weighted by atomic mass is 19.1. The zero-order chi connectivity index (χ0) is 22.3. The zero-order valence-corrected chi connectivity index (χ0v) is 18.6. The fourth-order valence-corrected chi connectivity index (χ4v) is 3.87. The van der Waals surface area contributed by atoms with Gasteiger partial charge in [-0.25, -0.2) is 9.37 Å². The van der Waals surface area contributed by atoms with Crippen molar-refractivity contribution < 1.29 is 8.81 Å². The minimum atomic E-state index is -0.188. The Kier molecular flexibility index (Phi) is 7.17. The standard InChI is InChI=1S/C25H30FN5O/c1-18-3-7-20(8-4-18)23-15-28-24(32-23)16-29-25(27-2)30-22-11-13-31(14-12-22)17-19-5-9-21(26)10-6-19/h3-10,15,22H,11-14,16-17H2,1-2H3,(H2,27,29,30). The number of oxazole rings is 1. The molecule has 4 rings (SSSR count). The highest BCUT2D eigenvalue weighted by Crippen LogP contribution is 2.20. The van der Waals surface area contributed by atoms with Crippen LogP contribution in [0.2, 0.25) is 0 Å². The SMILES string of the molecule is CN=C(NCc1ncc(-c2ccc(C)cc2)o1)NC1CCN(Cc2ccc(F)cc2)CC1. The molecule has 1 saturated heterocycles. The molecular weight excluding hydrogens is 405 g/mol. The van der Waals surface area contributed by atoms with Gasteiger partial charge in [0.05, 0.1) is 12.7 Å². The van der Waals surface area contributed by atoms with Gasteiger partial charge in [0.25, 0.3) is 0 Å². The maximum absolute atomic E-state index is 13.1. The van der Waals surface area contributed by atoms with Gasteiger partial charge in [-0.1, -0.05) is 42.0 Å². The number of hydrogen-bond acceptors (Lipinski definition) is 4. The molecule has 1 aliphatic rings. The molecule has 0 unspecified atom stereocenters. The molecule has 2 aromatic carbocycles. The molecule has 168 valence electrons. The predicted molar refractivity (Wildman–Crippen MR) is 125 cm³/mol. The Balaban J connectivity index is 1.22. The van der Waals surface area contributed by atoms with Crippen molar-refractivity contribution in [3.05, 3.63) is 77.6 Å². The van der Waals surface area contributed by atoms with E-state index in [1.54, 1.807) is 13.2 Å². The predicted octanol–water partition coefficient (Wildman–Crippen LogP) is 4.12. The summed E-state index contributed by atoms with van der Waals surface area (Å²) in [6.45, 7) is 5.37. The van der Waals surface area contributed by atoms with E-state index in [1.807, 2.05) is 24.3 Å². The highest BCUT2D eigenvalue weighted by molar-refractivity contribution is 5.79. The van der Waals surface area contributed by atoms with Crippen molar-refractivity contribution in [1.82, 2.24) is 20.5 Å². The van der Waals surface area contributed by atoms with Crippen LogP contribution in [0, 0.1) is 12.7 Å². The van der Waals surface area contributed by atoms with Gasteiger partial charge in [-0.3, -0.25) is 9.89 Å². The molecule has 2 N–H and O–H groups in total. The van der Waals surface area contributed by atoms with E-state index < -0.39 is 0 Å². The summed E-state index contributed by atoms with van der Waals surface area (Å²) in [5.41, 5.74) is 3.38. The first-order chi connectivity index (χ1) is 15.6. The Bertz CT molecular complexity index is 1020. The summed E-state index contributed by atoms with van der Waals surface area (Å²) in [6.07, 6.45) is 3.81. The maximum atomic E-state index is 13.1. The second-order valence-electron chi connectivity index (χ2n) is 8.23. The molecule has 0 saturated carbocycles. The lowest BCUT2D eigenvalue weighted by Crippen LogP contribution is -2.48. The molecule has 0 spiro atoms. The molecule has 7 heteroatoms. The monoisotopic (exact) mass is 435 g/mol. The summed E-state index contributed by atoms with van der Waals surface area (Å²) >= 11 is 0. The van der Waals surface area contributed by atoms with Gasteiger partial charge in [0.1, 0.15) is 5.82 Å². The number of aliphatic imine (C=N–C) groups is 1. The molecule has 1 fully saturated rings. The minimum Gasteiger partial charge on any atom is -0.439 e. The van der Waals surface area contributed by atoms with E-state index in [0.29, 0.717) is 18.5 Å². The summed E-state index contributed by atoms with van der Waals surface area (Å²) in [4.78, 5) is 11.1. The average Bonchev–Trinajstić information content (AvgIpc) is 3.29. The molecule has 2 heterocycles. The summed E-state index contributed by atoms with van der Waals surface area (Å²) < 4.78 is 19.0. The van der Waals surface area contributed by atoms with Gasteiger partial charge in [0, 0.05) is 38.3 Å². The van der Waals surface area contributed by atoms with Gasteiger partial charge >= 0.3 is 0 Å². The summed E-state index contributed by atoms with van der Waals surface area (Å²) in [6, 6.07) is 15.3. The molecule has 0 amide bonds. The van der Waals surface area contributed by atoms with Crippen LogP contribution in [0.25, 0.3) is 11.3 Å². The lowest BCUT2D eigenvalue weighted by Gasteiger charge is -2.33. The quantitative estimate of drug-likeness (QED) is 0.450. The van der Waals surface area contributed by atoms with Crippen LogP contribution in [0.1, 0.15) is 29.9 Å². The molecular formula is C25H30FN5O. The number of likely N-dealkylation sites (tertiary alicyclic amines) is 1. The van der Waals surface area contributed by atoms with E-state index in [-0.39, 0.29) is 5.82 Å². The van der Waals surface area contributed by atoms with E-state index >= 15 is 0 Å². The molecule has 0 bridgehead atoms. The van der Waals surface area contributed by atoms with E-state index in [4.69, 9.17) is 4.42 Å². The van der Waals surface area contributed by atoms with Crippen molar-refractivity contribution in [2.24, 2.45) is 4.99 Å². The number of rotatable bonds is 6. The fourth-order valence-electron chi connectivity index (χ4n) is 3.87. The molecule has 32 heavy (non-hydrogen) atoms. The van der Waals surface area contributed by atoms with E-state index in [0.717, 1.165) is 55.3 Å². The summed E-state index contributed by atoms with van der Waals surface area (Å²) in [5.74, 6) is 1.94. The Labute approximate surface area is 188 Å². The first-order valence-electron chi connectivity index (χ1n) is 11.0. The van der Waals surface area contributed by atoms with Crippen LogP contribution in [0.4, 0.5) is 4.39 Å². The van der Waals surface area contributed by atoms with Gasteiger partial charge in [0.15, 0.2) is 11.7 Å². The van der Waals surface area contributed by atoms with Crippen molar-refractivity contribution in [3.8, 4) is 11.3 Å². The van der Waals surface area contributed by atoms with Gasteiger partial charge in [-0.05, 0) is 37.5 Å². The third-order valence-corrected chi connectivity index (χ3v) is 5.77. The van der Waals surface area contributed by atoms with Crippen LogP contribution in [0.15, 0.2) is 64.1 Å². The van der Waals surface area contributed by atoms with Crippen LogP contribution in [0.5, 0.6) is 0 Å². The van der Waals surface area contributed by atoms with E-state index in [2.05, 4.69) is 44.6 Å². The number of hydrogen-bond donors (Lipinski definition) is 2. The molecule has 1 aliphatic heterocycles. The zero-order valence-electron chi connectivity index (χ0n) is 18.6. The Morgan fingerprint density at radius 2 is 1.84 bits per heavy atom. The lowest BCUT2D eigenvalue weighted by molar-refractivity contribution is 0.198. The van der Waals surface area contributed by atoms with Crippen LogP contribution in [0.3, 0.4) is 0 Å². The normalized spacial score (nSPS) is 15.7. The topological polar surface area (TPSA) is 65.7 Å². The molecule has 1 aromatic heterocycles. The summed E-state index contributed by atoms with van der Waals surface area (Å²) in [7, 11) is 1.77. The van der Waals surface area contributed by atoms with E-state index in [9.17, 15) is 4.39 Å². The largest absolute Gasteiger partial charge is 0.439 e. The number of aromatic nitrogens is 1. The van der Waals surface area contributed by atoms with E-state index in [1.165, 1.54) is 17.7 Å². The van der Waals surface area contributed by atoms with Crippen molar-refractivity contribution >= 4 is 5.96 Å². The number of piperidine rings is 1. The van der Waals surface area contributed by atoms with Gasteiger partial charge < -0.3 is 15.1 Å². The third kappa shape index (κ3) is 5.95. The van der Waals surface area contributed by atoms with Crippen molar-refractivity contribution in [2.45, 2.75) is 38.9 Å². The number of nitrogens with one attached hydrogen (secondary N) is 2. The third-order valence-electron chi connectivity index (χ3n) is 5.77. The average molecular weight is 436 g/mol. The van der Waals surface area contributed by atoms with Gasteiger partial charge in [-0.2, -0.15) is 0 Å². The first-order valence-corrected chi connectivity index (χ1v) is 11.0. The molecule has 0 radical (unpaired) electrons. The van der Waals surface area contributed by atoms with Crippen LogP contribution in [-0.4, -0.2) is 42.0 Å². The fraction of sp³-hybridized carbons (Fsp3) is 0.360. The Morgan fingerprint density at radius 3 is 2.53 bits per heavy atom. The molecule has 0 atom stereocenters. The molecule has 6 nitrogen and oxygen atoms in total. The van der Waals surface area contributed by atoms with Crippen molar-refractivity contribution in [2.75, 3.05) is 20.1 Å². The number of guanidine groups is 1. The van der Waals surface area contributed by atoms with Crippen LogP contribution in [-0.2, 0) is 13.1 Å². The molecule has 0 aliphatic carbocycles. The first kappa shape index (κ1) is 22.0. The summed E-state index contributed by atoms with van der Waals surface area (Å²) in [5, 5.41) is 6.80. The smallest absolute Gasteiger partial charge is 0.214 e. The Morgan fingerprint density at radius 1 is 1.12 bits per heavy atom. The van der Waals surface area contributed by atoms with Crippen molar-refractivity contribution in [3.63, 3.8) is 0 Å². The highest BCUT2D eigenvalue weighted by Gasteiger charge is 2.20. The van der Waals surface area contributed by atoms with Crippen LogP contribution >= 0.6 is 0 Å². The van der Waals surface area contributed by atoms with Crippen molar-refractivity contribution in [1.29, 1.82) is 0 Å². The second kappa shape index (κ2) is 10.4. The number of aryl methyl sites for hydroxylation is 1. The number of halogens is 1. The van der Waals surface area contributed by atoms with Gasteiger partial charge in [-0.15, -0.1) is 0 Å². The maximum Gasteiger partial charge on any atom is 0.214 e. The minimum absolute atomic E-state index is 0.188. The lowest BCUT2D eigenvalue weighted by atomic mass is 10.0.